The molecule has 1 aromatic carbocycles. The average molecular weight is 354 g/mol. The van der Waals surface area contributed by atoms with Gasteiger partial charge in [-0.25, -0.2) is 8.78 Å². The second-order valence-electron chi connectivity index (χ2n) is 7.50. The average Bonchev–Trinajstić information content (AvgIpc) is 2.75. The number of hydrogen-bond acceptors (Lipinski definition) is 4. The first kappa shape index (κ1) is 18.7. The zero-order valence-corrected chi connectivity index (χ0v) is 15.1. The molecule has 0 aromatic heterocycles. The summed E-state index contributed by atoms with van der Waals surface area (Å²) in [6, 6.07) is 4.18. The number of ether oxygens (including phenoxy) is 2. The van der Waals surface area contributed by atoms with Gasteiger partial charge in [0.2, 0.25) is 0 Å². The van der Waals surface area contributed by atoms with Crippen LogP contribution in [0.3, 0.4) is 0 Å². The standard InChI is InChI=1S/C19H28F2N2O2/c1-15-10-22(5-7-24-2)12-19(15)13-23(6-8-25-14-19)11-16-3-4-17(20)18(21)9-16/h3-4,9,15H,5-8,10-14H2,1-2H3/t15-,19+/m1/s1. The summed E-state index contributed by atoms with van der Waals surface area (Å²) in [5.74, 6) is -1.05. The highest BCUT2D eigenvalue weighted by Crippen LogP contribution is 2.38. The van der Waals surface area contributed by atoms with Gasteiger partial charge in [-0.1, -0.05) is 13.0 Å². The van der Waals surface area contributed by atoms with Gasteiger partial charge in [0.05, 0.1) is 19.8 Å². The molecule has 0 aliphatic carbocycles. The summed E-state index contributed by atoms with van der Waals surface area (Å²) < 4.78 is 37.8. The first-order chi connectivity index (χ1) is 12.0. The Balaban J connectivity index is 1.69. The van der Waals surface area contributed by atoms with E-state index in [2.05, 4.69) is 16.7 Å². The quantitative estimate of drug-likeness (QED) is 0.811. The Bertz CT molecular complexity index is 587. The Morgan fingerprint density at radius 1 is 1.24 bits per heavy atom. The van der Waals surface area contributed by atoms with Crippen molar-refractivity contribution >= 4 is 0 Å². The third kappa shape index (κ3) is 4.37. The largest absolute Gasteiger partial charge is 0.383 e. The van der Waals surface area contributed by atoms with Gasteiger partial charge in [-0.15, -0.1) is 0 Å². The Hall–Kier alpha value is -1.08. The predicted molar refractivity (Wildman–Crippen MR) is 92.4 cm³/mol. The van der Waals surface area contributed by atoms with Crippen LogP contribution in [-0.4, -0.2) is 69.5 Å². The molecular formula is C19H28F2N2O2. The molecule has 2 saturated heterocycles. The lowest BCUT2D eigenvalue weighted by Gasteiger charge is -2.35. The lowest BCUT2D eigenvalue weighted by molar-refractivity contribution is 0.0489. The van der Waals surface area contributed by atoms with Crippen molar-refractivity contribution in [3.05, 3.63) is 35.4 Å². The van der Waals surface area contributed by atoms with E-state index < -0.39 is 11.6 Å². The van der Waals surface area contributed by atoms with Crippen molar-refractivity contribution < 1.29 is 18.3 Å². The topological polar surface area (TPSA) is 24.9 Å². The number of rotatable bonds is 5. The van der Waals surface area contributed by atoms with E-state index in [1.807, 2.05) is 0 Å². The number of likely N-dealkylation sites (tertiary alicyclic amines) is 1. The molecule has 0 bridgehead atoms. The van der Waals surface area contributed by atoms with Crippen molar-refractivity contribution in [3.8, 4) is 0 Å². The van der Waals surface area contributed by atoms with Crippen LogP contribution in [0.2, 0.25) is 0 Å². The summed E-state index contributed by atoms with van der Waals surface area (Å²) in [6.45, 7) is 9.78. The van der Waals surface area contributed by atoms with Crippen LogP contribution in [0.1, 0.15) is 12.5 Å². The van der Waals surface area contributed by atoms with Crippen LogP contribution in [0.15, 0.2) is 18.2 Å². The predicted octanol–water partition coefficient (Wildman–Crippen LogP) is 2.38. The summed E-state index contributed by atoms with van der Waals surface area (Å²) >= 11 is 0. The van der Waals surface area contributed by atoms with Gasteiger partial charge in [0.25, 0.3) is 0 Å². The number of hydrogen-bond donors (Lipinski definition) is 0. The van der Waals surface area contributed by atoms with Crippen LogP contribution < -0.4 is 0 Å². The van der Waals surface area contributed by atoms with E-state index >= 15 is 0 Å². The second kappa shape index (κ2) is 8.08. The van der Waals surface area contributed by atoms with E-state index in [1.54, 1.807) is 13.2 Å². The molecule has 2 heterocycles. The third-order valence-electron chi connectivity index (χ3n) is 5.60. The molecule has 6 heteroatoms. The monoisotopic (exact) mass is 354 g/mol. The Labute approximate surface area is 148 Å². The molecule has 1 aromatic rings. The molecular weight excluding hydrogens is 326 g/mol. The molecule has 2 aliphatic rings. The number of halogens is 2. The van der Waals surface area contributed by atoms with Crippen molar-refractivity contribution in [1.82, 2.24) is 9.80 Å². The van der Waals surface area contributed by atoms with Crippen molar-refractivity contribution in [2.75, 3.05) is 59.7 Å². The molecule has 0 N–H and O–H groups in total. The molecule has 0 unspecified atom stereocenters. The maximum atomic E-state index is 13.5. The Morgan fingerprint density at radius 2 is 2.04 bits per heavy atom. The van der Waals surface area contributed by atoms with Gasteiger partial charge in [0.15, 0.2) is 11.6 Å². The van der Waals surface area contributed by atoms with Crippen LogP contribution in [0, 0.1) is 23.0 Å². The highest BCUT2D eigenvalue weighted by molar-refractivity contribution is 5.18. The summed E-state index contributed by atoms with van der Waals surface area (Å²) in [4.78, 5) is 4.76. The van der Waals surface area contributed by atoms with Crippen LogP contribution in [0.25, 0.3) is 0 Å². The second-order valence-corrected chi connectivity index (χ2v) is 7.50. The van der Waals surface area contributed by atoms with Gasteiger partial charge in [-0.3, -0.25) is 4.90 Å². The molecule has 2 aliphatic heterocycles. The van der Waals surface area contributed by atoms with E-state index in [1.165, 1.54) is 12.1 Å². The van der Waals surface area contributed by atoms with E-state index in [0.29, 0.717) is 19.1 Å². The molecule has 25 heavy (non-hydrogen) atoms. The minimum Gasteiger partial charge on any atom is -0.383 e. The van der Waals surface area contributed by atoms with Gasteiger partial charge in [-0.05, 0) is 23.6 Å². The van der Waals surface area contributed by atoms with Gasteiger partial charge < -0.3 is 14.4 Å². The minimum atomic E-state index is -0.794. The van der Waals surface area contributed by atoms with E-state index in [4.69, 9.17) is 9.47 Å². The van der Waals surface area contributed by atoms with Crippen molar-refractivity contribution in [2.45, 2.75) is 13.5 Å². The molecule has 2 atom stereocenters. The Kier molecular flexibility index (Phi) is 6.04. The van der Waals surface area contributed by atoms with Crippen molar-refractivity contribution in [1.29, 1.82) is 0 Å². The lowest BCUT2D eigenvalue weighted by atomic mass is 9.79. The summed E-state index contributed by atoms with van der Waals surface area (Å²) in [5, 5.41) is 0. The number of methoxy groups -OCH3 is 1. The molecule has 2 fully saturated rings. The van der Waals surface area contributed by atoms with Gasteiger partial charge in [-0.2, -0.15) is 0 Å². The fraction of sp³-hybridized carbons (Fsp3) is 0.684. The van der Waals surface area contributed by atoms with Gasteiger partial charge in [0.1, 0.15) is 0 Å². The van der Waals surface area contributed by atoms with E-state index in [-0.39, 0.29) is 5.41 Å². The molecule has 3 rings (SSSR count). The smallest absolute Gasteiger partial charge is 0.159 e. The first-order valence-electron chi connectivity index (χ1n) is 8.98. The van der Waals surface area contributed by atoms with Crippen molar-refractivity contribution in [3.63, 3.8) is 0 Å². The molecule has 1 spiro atoms. The van der Waals surface area contributed by atoms with Gasteiger partial charge >= 0.3 is 0 Å². The maximum Gasteiger partial charge on any atom is 0.159 e. The molecule has 0 saturated carbocycles. The lowest BCUT2D eigenvalue weighted by Crippen LogP contribution is -2.43. The maximum absolute atomic E-state index is 13.5. The number of benzene rings is 1. The zero-order valence-electron chi connectivity index (χ0n) is 15.1. The summed E-state index contributed by atoms with van der Waals surface area (Å²) in [5.41, 5.74) is 0.890. The molecule has 4 nitrogen and oxygen atoms in total. The molecule has 0 amide bonds. The fourth-order valence-electron chi connectivity index (χ4n) is 4.10. The van der Waals surface area contributed by atoms with Crippen LogP contribution >= 0.6 is 0 Å². The Morgan fingerprint density at radius 3 is 2.80 bits per heavy atom. The highest BCUT2D eigenvalue weighted by atomic mass is 19.2. The molecule has 140 valence electrons. The normalized spacial score (nSPS) is 28.6. The SMILES string of the molecule is COCCN1C[C@@H](C)[C@@]2(COCCN(Cc3ccc(F)c(F)c3)C2)C1. The third-order valence-corrected chi connectivity index (χ3v) is 5.60. The first-order valence-corrected chi connectivity index (χ1v) is 8.98. The molecule has 0 radical (unpaired) electrons. The summed E-state index contributed by atoms with van der Waals surface area (Å²) in [7, 11) is 1.73. The number of nitrogens with zero attached hydrogens (tertiary/aromatic N) is 2. The van der Waals surface area contributed by atoms with Crippen LogP contribution in [0.5, 0.6) is 0 Å². The van der Waals surface area contributed by atoms with Gasteiger partial charge in [0, 0.05) is 51.8 Å². The minimum absolute atomic E-state index is 0.0861. The highest BCUT2D eigenvalue weighted by Gasteiger charge is 2.46. The fourth-order valence-corrected chi connectivity index (χ4v) is 4.10. The van der Waals surface area contributed by atoms with Crippen molar-refractivity contribution in [2.24, 2.45) is 11.3 Å². The van der Waals surface area contributed by atoms with Crippen LogP contribution in [0.4, 0.5) is 8.78 Å². The van der Waals surface area contributed by atoms with E-state index in [0.717, 1.165) is 51.5 Å². The van der Waals surface area contributed by atoms with E-state index in [9.17, 15) is 8.78 Å². The zero-order chi connectivity index (χ0) is 17.9. The van der Waals surface area contributed by atoms with Crippen LogP contribution in [-0.2, 0) is 16.0 Å². The summed E-state index contributed by atoms with van der Waals surface area (Å²) in [6.07, 6.45) is 0.